The number of carbonyl (C=O) groups is 1. The second-order valence-corrected chi connectivity index (χ2v) is 8.50. The van der Waals surface area contributed by atoms with E-state index in [1.807, 2.05) is 30.3 Å². The first kappa shape index (κ1) is 20.2. The van der Waals surface area contributed by atoms with Gasteiger partial charge in [-0.2, -0.15) is 0 Å². The molecule has 0 amide bonds. The maximum atomic E-state index is 10.6. The van der Waals surface area contributed by atoms with Crippen LogP contribution in [0.4, 0.5) is 0 Å². The van der Waals surface area contributed by atoms with Crippen LogP contribution in [-0.2, 0) is 19.9 Å². The van der Waals surface area contributed by atoms with Crippen LogP contribution >= 0.6 is 11.6 Å². The summed E-state index contributed by atoms with van der Waals surface area (Å²) in [5, 5.41) is 9.34. The largest absolute Gasteiger partial charge is 0.480 e. The predicted molar refractivity (Wildman–Crippen MR) is 110 cm³/mol. The van der Waals surface area contributed by atoms with E-state index >= 15 is 0 Å². The maximum absolute atomic E-state index is 10.6. The number of hydrogen-bond acceptors (Lipinski definition) is 4. The third-order valence-corrected chi connectivity index (χ3v) is 6.40. The summed E-state index contributed by atoms with van der Waals surface area (Å²) >= 11 is 6.05. The van der Waals surface area contributed by atoms with E-state index in [4.69, 9.17) is 30.9 Å². The predicted octanol–water partition coefficient (Wildman–Crippen LogP) is 5.41. The average molecular weight is 417 g/mol. The fourth-order valence-electron chi connectivity index (χ4n) is 4.42. The number of fused-ring (bicyclic) bond motifs is 3. The van der Waals surface area contributed by atoms with Crippen LogP contribution in [0.1, 0.15) is 37.7 Å². The van der Waals surface area contributed by atoms with Crippen molar-refractivity contribution in [2.75, 3.05) is 19.8 Å². The Labute approximate surface area is 175 Å². The Morgan fingerprint density at radius 3 is 2.45 bits per heavy atom. The number of aliphatic carboxylic acids is 1. The van der Waals surface area contributed by atoms with Gasteiger partial charge >= 0.3 is 5.97 Å². The minimum atomic E-state index is -0.926. The summed E-state index contributed by atoms with van der Waals surface area (Å²) in [6.07, 6.45) is 4.86. The minimum Gasteiger partial charge on any atom is -0.480 e. The summed E-state index contributed by atoms with van der Waals surface area (Å²) in [5.74, 6) is 0.554. The van der Waals surface area contributed by atoms with Crippen molar-refractivity contribution in [2.45, 2.75) is 37.7 Å². The summed E-state index contributed by atoms with van der Waals surface area (Å²) < 4.78 is 17.7. The summed E-state index contributed by atoms with van der Waals surface area (Å²) in [5.41, 5.74) is 0.986. The van der Waals surface area contributed by atoms with E-state index in [1.54, 1.807) is 6.07 Å². The molecule has 1 aliphatic carbocycles. The van der Waals surface area contributed by atoms with Crippen molar-refractivity contribution in [1.29, 1.82) is 0 Å². The van der Waals surface area contributed by atoms with Crippen molar-refractivity contribution >= 4 is 17.6 Å². The first-order chi connectivity index (χ1) is 14.0. The van der Waals surface area contributed by atoms with Gasteiger partial charge in [0, 0.05) is 11.6 Å². The molecule has 3 aliphatic rings. The van der Waals surface area contributed by atoms with Crippen LogP contribution in [0.5, 0.6) is 11.5 Å². The Morgan fingerprint density at radius 1 is 1.07 bits per heavy atom. The van der Waals surface area contributed by atoms with Crippen molar-refractivity contribution < 1.29 is 24.1 Å². The van der Waals surface area contributed by atoms with Gasteiger partial charge in [-0.05, 0) is 73.4 Å². The van der Waals surface area contributed by atoms with Crippen molar-refractivity contribution in [1.82, 2.24) is 0 Å². The van der Waals surface area contributed by atoms with Crippen molar-refractivity contribution in [3.8, 4) is 11.5 Å². The molecule has 2 aromatic rings. The van der Waals surface area contributed by atoms with Gasteiger partial charge in [-0.25, -0.2) is 4.79 Å². The second kappa shape index (κ2) is 8.34. The molecule has 1 saturated carbocycles. The lowest BCUT2D eigenvalue weighted by Crippen LogP contribution is -2.49. The van der Waals surface area contributed by atoms with E-state index in [0.29, 0.717) is 24.0 Å². The normalized spacial score (nSPS) is 25.7. The topological polar surface area (TPSA) is 65.0 Å². The number of carboxylic acid groups (broad SMARTS) is 1. The number of hydrogen-bond donors (Lipinski definition) is 1. The van der Waals surface area contributed by atoms with Gasteiger partial charge in [-0.1, -0.05) is 29.8 Å². The molecule has 29 heavy (non-hydrogen) atoms. The zero-order valence-corrected chi connectivity index (χ0v) is 17.0. The summed E-state index contributed by atoms with van der Waals surface area (Å²) in [4.78, 5) is 10.6. The van der Waals surface area contributed by atoms with E-state index in [9.17, 15) is 4.79 Å². The second-order valence-electron chi connectivity index (χ2n) is 8.07. The van der Waals surface area contributed by atoms with Gasteiger partial charge in [0.05, 0.1) is 12.2 Å². The fraction of sp³-hybridized carbons (Fsp3) is 0.435. The fourth-order valence-corrected chi connectivity index (χ4v) is 4.60. The minimum absolute atomic E-state index is 0.106. The highest BCUT2D eigenvalue weighted by Crippen LogP contribution is 2.55. The van der Waals surface area contributed by atoms with Crippen molar-refractivity contribution in [3.05, 3.63) is 59.1 Å². The molecule has 154 valence electrons. The van der Waals surface area contributed by atoms with Gasteiger partial charge in [0.15, 0.2) is 0 Å². The van der Waals surface area contributed by atoms with Gasteiger partial charge in [-0.15, -0.1) is 0 Å². The molecule has 3 fully saturated rings. The molecule has 5 rings (SSSR count). The molecular formula is C23H25ClO5. The van der Waals surface area contributed by atoms with Crippen molar-refractivity contribution in [3.63, 3.8) is 0 Å². The Balaban J connectivity index is 1.41. The molecule has 0 atom stereocenters. The zero-order valence-electron chi connectivity index (χ0n) is 16.2. The summed E-state index contributed by atoms with van der Waals surface area (Å²) in [6, 6.07) is 15.5. The molecule has 0 radical (unpaired) electrons. The molecule has 2 heterocycles. The van der Waals surface area contributed by atoms with Crippen LogP contribution in [0.25, 0.3) is 0 Å². The highest BCUT2D eigenvalue weighted by Gasteiger charge is 2.50. The van der Waals surface area contributed by atoms with Crippen LogP contribution in [0, 0.1) is 5.41 Å². The molecule has 1 N–H and O–H groups in total. The summed E-state index contributed by atoms with van der Waals surface area (Å²) in [7, 11) is 0. The number of ether oxygens (including phenoxy) is 3. The third kappa shape index (κ3) is 4.58. The Kier molecular flexibility index (Phi) is 5.81. The van der Waals surface area contributed by atoms with E-state index in [2.05, 4.69) is 12.1 Å². The SMILES string of the molecule is O=C(O)COCCC12CCC(c3cccc(Oc4cccc(Cl)c4)c3)(CC1)OC2. The van der Waals surface area contributed by atoms with Crippen LogP contribution in [-0.4, -0.2) is 30.9 Å². The molecule has 2 bridgehead atoms. The lowest BCUT2D eigenvalue weighted by Gasteiger charge is -2.53. The van der Waals surface area contributed by atoms with Crippen LogP contribution < -0.4 is 4.74 Å². The van der Waals surface area contributed by atoms with Gasteiger partial charge in [0.1, 0.15) is 18.1 Å². The molecule has 2 aliphatic heterocycles. The number of benzene rings is 2. The molecule has 2 aromatic carbocycles. The molecule has 0 unspecified atom stereocenters. The van der Waals surface area contributed by atoms with Gasteiger partial charge < -0.3 is 19.3 Å². The lowest BCUT2D eigenvalue weighted by molar-refractivity contribution is -0.194. The standard InChI is InChI=1S/C23H25ClO5/c24-18-4-2-6-20(14-18)29-19-5-1-3-17(13-19)23-9-7-22(8-10-23,16-28-23)11-12-27-15-21(25)26/h1-6,13-14H,7-12,15-16H2,(H,25,26). The first-order valence-electron chi connectivity index (χ1n) is 9.96. The number of carboxylic acids is 1. The number of rotatable bonds is 8. The monoisotopic (exact) mass is 416 g/mol. The smallest absolute Gasteiger partial charge is 0.329 e. The van der Waals surface area contributed by atoms with E-state index in [1.165, 1.54) is 0 Å². The first-order valence-corrected chi connectivity index (χ1v) is 10.3. The number of halogens is 1. The Morgan fingerprint density at radius 2 is 1.79 bits per heavy atom. The van der Waals surface area contributed by atoms with Crippen LogP contribution in [0.15, 0.2) is 48.5 Å². The molecular weight excluding hydrogens is 392 g/mol. The van der Waals surface area contributed by atoms with Gasteiger partial charge in [-0.3, -0.25) is 0 Å². The lowest BCUT2D eigenvalue weighted by atomic mass is 9.63. The Hall–Kier alpha value is -2.08. The van der Waals surface area contributed by atoms with E-state index < -0.39 is 5.97 Å². The van der Waals surface area contributed by atoms with E-state index in [-0.39, 0.29) is 17.6 Å². The van der Waals surface area contributed by atoms with Gasteiger partial charge in [0.2, 0.25) is 0 Å². The quantitative estimate of drug-likeness (QED) is 0.583. The Bertz CT molecular complexity index is 857. The zero-order chi connectivity index (χ0) is 20.3. The van der Waals surface area contributed by atoms with Crippen molar-refractivity contribution in [2.24, 2.45) is 5.41 Å². The molecule has 6 heteroatoms. The summed E-state index contributed by atoms with van der Waals surface area (Å²) in [6.45, 7) is 0.911. The maximum Gasteiger partial charge on any atom is 0.329 e. The molecule has 0 spiro atoms. The molecule has 2 saturated heterocycles. The highest BCUT2D eigenvalue weighted by atomic mass is 35.5. The van der Waals surface area contributed by atoms with Crippen LogP contribution in [0.2, 0.25) is 5.02 Å². The highest BCUT2D eigenvalue weighted by molar-refractivity contribution is 6.30. The molecule has 0 aromatic heterocycles. The molecule has 5 nitrogen and oxygen atoms in total. The van der Waals surface area contributed by atoms with Crippen LogP contribution in [0.3, 0.4) is 0 Å². The van der Waals surface area contributed by atoms with Gasteiger partial charge in [0.25, 0.3) is 0 Å². The average Bonchev–Trinajstić information content (AvgIpc) is 2.73. The third-order valence-electron chi connectivity index (χ3n) is 6.17. The van der Waals surface area contributed by atoms with E-state index in [0.717, 1.165) is 43.4 Å².